The summed E-state index contributed by atoms with van der Waals surface area (Å²) in [7, 11) is 1.76. The van der Waals surface area contributed by atoms with Gasteiger partial charge in [0.1, 0.15) is 0 Å². The molecule has 1 N–H and O–H groups in total. The fourth-order valence-electron chi connectivity index (χ4n) is 3.94. The van der Waals surface area contributed by atoms with Crippen LogP contribution in [0.5, 0.6) is 0 Å². The number of nitrogens with one attached hydrogen (secondary N) is 1. The molecule has 2 aliphatic rings. The summed E-state index contributed by atoms with van der Waals surface area (Å²) in [6, 6.07) is 15.3. The van der Waals surface area contributed by atoms with E-state index in [1.807, 2.05) is 42.5 Å². The van der Waals surface area contributed by atoms with E-state index < -0.39 is 6.17 Å². The first kappa shape index (κ1) is 21.7. The molecule has 0 saturated carbocycles. The van der Waals surface area contributed by atoms with Crippen LogP contribution in [-0.4, -0.2) is 72.5 Å². The SMILES string of the molecule is CCN1CCN(C(=S)NC2N=C(c3ccccc3)c3cc(Cl)ccc3N(C)C2=O)CC1. The summed E-state index contributed by atoms with van der Waals surface area (Å²) in [6.45, 7) is 6.78. The quantitative estimate of drug-likeness (QED) is 0.721. The third-order valence-corrected chi connectivity index (χ3v) is 6.42. The summed E-state index contributed by atoms with van der Waals surface area (Å²) in [5, 5.41) is 4.37. The zero-order chi connectivity index (χ0) is 22.0. The second kappa shape index (κ2) is 9.34. The maximum absolute atomic E-state index is 13.3. The van der Waals surface area contributed by atoms with Crippen molar-refractivity contribution in [1.29, 1.82) is 0 Å². The second-order valence-electron chi connectivity index (χ2n) is 7.68. The molecule has 4 rings (SSSR count). The molecule has 162 valence electrons. The van der Waals surface area contributed by atoms with Crippen molar-refractivity contribution in [2.75, 3.05) is 44.7 Å². The fourth-order valence-corrected chi connectivity index (χ4v) is 4.41. The lowest BCUT2D eigenvalue weighted by Gasteiger charge is -2.36. The number of rotatable bonds is 3. The van der Waals surface area contributed by atoms with Crippen molar-refractivity contribution in [2.24, 2.45) is 4.99 Å². The summed E-state index contributed by atoms with van der Waals surface area (Å²) in [5.41, 5.74) is 3.22. The van der Waals surface area contributed by atoms with Gasteiger partial charge in [-0.15, -0.1) is 0 Å². The minimum absolute atomic E-state index is 0.163. The predicted octanol–water partition coefficient (Wildman–Crippen LogP) is 2.99. The monoisotopic (exact) mass is 455 g/mol. The molecule has 1 unspecified atom stereocenters. The van der Waals surface area contributed by atoms with E-state index in [1.54, 1.807) is 18.0 Å². The van der Waals surface area contributed by atoms with Gasteiger partial charge in [-0.25, -0.2) is 4.99 Å². The lowest BCUT2D eigenvalue weighted by molar-refractivity contribution is -0.119. The molecule has 2 aromatic carbocycles. The molecule has 2 heterocycles. The summed E-state index contributed by atoms with van der Waals surface area (Å²) in [6.07, 6.45) is -0.817. The number of thiocarbonyl (C=S) groups is 1. The maximum Gasteiger partial charge on any atom is 0.272 e. The molecule has 0 bridgehead atoms. The molecule has 1 fully saturated rings. The topological polar surface area (TPSA) is 51.2 Å². The number of anilines is 1. The molecular formula is C23H26ClN5OS. The molecule has 8 heteroatoms. The highest BCUT2D eigenvalue weighted by molar-refractivity contribution is 7.80. The van der Waals surface area contributed by atoms with Gasteiger partial charge in [0.2, 0.25) is 6.17 Å². The summed E-state index contributed by atoms with van der Waals surface area (Å²) < 4.78 is 0. The van der Waals surface area contributed by atoms with Crippen molar-refractivity contribution < 1.29 is 4.79 Å². The zero-order valence-corrected chi connectivity index (χ0v) is 19.3. The number of carbonyl (C=O) groups is 1. The van der Waals surface area contributed by atoms with E-state index in [0.717, 1.165) is 49.5 Å². The second-order valence-corrected chi connectivity index (χ2v) is 8.50. The van der Waals surface area contributed by atoms with Crippen LogP contribution < -0.4 is 10.2 Å². The lowest BCUT2D eigenvalue weighted by Crippen LogP contribution is -2.55. The minimum Gasteiger partial charge on any atom is -0.347 e. The Morgan fingerprint density at radius 2 is 1.87 bits per heavy atom. The summed E-state index contributed by atoms with van der Waals surface area (Å²) >= 11 is 12.0. The molecular weight excluding hydrogens is 430 g/mol. The van der Waals surface area contributed by atoms with E-state index in [9.17, 15) is 4.79 Å². The van der Waals surface area contributed by atoms with Crippen molar-refractivity contribution in [1.82, 2.24) is 15.1 Å². The van der Waals surface area contributed by atoms with Gasteiger partial charge in [-0.05, 0) is 37.0 Å². The Bertz CT molecular complexity index is 1000. The number of fused-ring (bicyclic) bond motifs is 1. The van der Waals surface area contributed by atoms with E-state index in [4.69, 9.17) is 28.8 Å². The molecule has 1 saturated heterocycles. The molecule has 1 amide bonds. The number of amides is 1. The van der Waals surface area contributed by atoms with Gasteiger partial charge in [0.15, 0.2) is 5.11 Å². The number of nitrogens with zero attached hydrogens (tertiary/aromatic N) is 4. The molecule has 2 aromatic rings. The first-order valence-electron chi connectivity index (χ1n) is 10.5. The van der Waals surface area contributed by atoms with Gasteiger partial charge in [-0.1, -0.05) is 48.9 Å². The molecule has 1 atom stereocenters. The summed E-state index contributed by atoms with van der Waals surface area (Å²) in [5.74, 6) is -0.163. The molecule has 31 heavy (non-hydrogen) atoms. The molecule has 0 spiro atoms. The number of carbonyl (C=O) groups excluding carboxylic acids is 1. The lowest BCUT2D eigenvalue weighted by atomic mass is 10.0. The highest BCUT2D eigenvalue weighted by Crippen LogP contribution is 2.29. The minimum atomic E-state index is -0.817. The van der Waals surface area contributed by atoms with Crippen LogP contribution in [0.15, 0.2) is 53.5 Å². The number of hydrogen-bond donors (Lipinski definition) is 1. The van der Waals surface area contributed by atoms with E-state index in [-0.39, 0.29) is 5.91 Å². The molecule has 0 aromatic heterocycles. The van der Waals surface area contributed by atoms with E-state index >= 15 is 0 Å². The highest BCUT2D eigenvalue weighted by atomic mass is 35.5. The van der Waals surface area contributed by atoms with E-state index in [2.05, 4.69) is 22.0 Å². The van der Waals surface area contributed by atoms with Crippen molar-refractivity contribution in [3.63, 3.8) is 0 Å². The van der Waals surface area contributed by atoms with Gasteiger partial charge in [0.05, 0.1) is 11.4 Å². The van der Waals surface area contributed by atoms with Crippen LogP contribution in [0.4, 0.5) is 5.69 Å². The number of halogens is 1. The van der Waals surface area contributed by atoms with E-state index in [1.165, 1.54) is 0 Å². The third-order valence-electron chi connectivity index (χ3n) is 5.81. The number of piperazine rings is 1. The molecule has 2 aliphatic heterocycles. The number of benzodiazepines with no additional fused rings is 1. The fraction of sp³-hybridized carbons (Fsp3) is 0.348. The average Bonchev–Trinajstić information content (AvgIpc) is 2.90. The maximum atomic E-state index is 13.3. The first-order chi connectivity index (χ1) is 15.0. The van der Waals surface area contributed by atoms with Gasteiger partial charge in [0, 0.05) is 49.4 Å². The van der Waals surface area contributed by atoms with Crippen molar-refractivity contribution >= 4 is 46.2 Å². The smallest absolute Gasteiger partial charge is 0.272 e. The molecule has 6 nitrogen and oxygen atoms in total. The van der Waals surface area contributed by atoms with Gasteiger partial charge in [0.25, 0.3) is 5.91 Å². The Kier molecular flexibility index (Phi) is 6.55. The van der Waals surface area contributed by atoms with Gasteiger partial charge >= 0.3 is 0 Å². The zero-order valence-electron chi connectivity index (χ0n) is 17.7. The number of likely N-dealkylation sites (N-methyl/N-ethyl adjacent to an activating group) is 2. The summed E-state index contributed by atoms with van der Waals surface area (Å²) in [4.78, 5) is 24.3. The van der Waals surface area contributed by atoms with Crippen LogP contribution in [0.3, 0.4) is 0 Å². The normalized spacial score (nSPS) is 19.5. The van der Waals surface area contributed by atoms with Crippen molar-refractivity contribution in [3.8, 4) is 0 Å². The number of benzene rings is 2. The van der Waals surface area contributed by atoms with Crippen LogP contribution in [0.25, 0.3) is 0 Å². The Morgan fingerprint density at radius 1 is 1.16 bits per heavy atom. The van der Waals surface area contributed by atoms with Gasteiger partial charge < -0.3 is 20.0 Å². The predicted molar refractivity (Wildman–Crippen MR) is 130 cm³/mol. The third kappa shape index (κ3) is 4.59. The van der Waals surface area contributed by atoms with Crippen LogP contribution in [-0.2, 0) is 4.79 Å². The van der Waals surface area contributed by atoms with Gasteiger partial charge in [-0.3, -0.25) is 4.79 Å². The van der Waals surface area contributed by atoms with Crippen LogP contribution in [0.2, 0.25) is 5.02 Å². The van der Waals surface area contributed by atoms with E-state index in [0.29, 0.717) is 15.8 Å². The number of hydrogen-bond acceptors (Lipinski definition) is 4. The Hall–Kier alpha value is -2.48. The standard InChI is InChI=1S/C23H26ClN5OS/c1-3-28-11-13-29(14-12-28)23(31)26-21-22(30)27(2)19-10-9-17(24)15-18(19)20(25-21)16-7-5-4-6-8-16/h4-10,15,21H,3,11-14H2,1-2H3,(H,26,31). The molecule has 0 aliphatic carbocycles. The van der Waals surface area contributed by atoms with Crippen molar-refractivity contribution in [2.45, 2.75) is 13.1 Å². The first-order valence-corrected chi connectivity index (χ1v) is 11.2. The van der Waals surface area contributed by atoms with Crippen LogP contribution in [0, 0.1) is 0 Å². The Balaban J connectivity index is 1.67. The van der Waals surface area contributed by atoms with Crippen LogP contribution in [0.1, 0.15) is 18.1 Å². The van der Waals surface area contributed by atoms with Crippen LogP contribution >= 0.6 is 23.8 Å². The number of aliphatic imine (C=N–C) groups is 1. The molecule has 0 radical (unpaired) electrons. The Labute approximate surface area is 193 Å². The van der Waals surface area contributed by atoms with Crippen molar-refractivity contribution in [3.05, 3.63) is 64.7 Å². The Morgan fingerprint density at radius 3 is 2.55 bits per heavy atom. The van der Waals surface area contributed by atoms with Gasteiger partial charge in [-0.2, -0.15) is 0 Å². The average molecular weight is 456 g/mol. The largest absolute Gasteiger partial charge is 0.347 e. The highest BCUT2D eigenvalue weighted by Gasteiger charge is 2.31.